The van der Waals surface area contributed by atoms with Gasteiger partial charge in [-0.2, -0.15) is 0 Å². The molecule has 1 rings (SSSR count). The van der Waals surface area contributed by atoms with Crippen LogP contribution < -0.4 is 11.5 Å². The van der Waals surface area contributed by atoms with E-state index in [2.05, 4.69) is 0 Å². The van der Waals surface area contributed by atoms with Crippen molar-refractivity contribution in [2.24, 2.45) is 11.5 Å². The summed E-state index contributed by atoms with van der Waals surface area (Å²) < 4.78 is 0. The summed E-state index contributed by atoms with van der Waals surface area (Å²) >= 11 is 0. The van der Waals surface area contributed by atoms with Gasteiger partial charge < -0.3 is 11.5 Å². The van der Waals surface area contributed by atoms with E-state index in [0.717, 1.165) is 5.57 Å². The molecule has 0 radical (unpaired) electrons. The summed E-state index contributed by atoms with van der Waals surface area (Å²) in [6, 6.07) is -0.0139. The highest BCUT2D eigenvalue weighted by atomic mass is 14.6. The smallest absolute Gasteiger partial charge is 0.0498 e. The first-order valence-electron chi connectivity index (χ1n) is 2.87. The van der Waals surface area contributed by atoms with Crippen LogP contribution in [0, 0.1) is 0 Å². The highest BCUT2D eigenvalue weighted by Gasteiger charge is 2.02. The van der Waals surface area contributed by atoms with Crippen LogP contribution in [0.2, 0.25) is 0 Å². The summed E-state index contributed by atoms with van der Waals surface area (Å²) in [5, 5.41) is 0. The van der Waals surface area contributed by atoms with Crippen molar-refractivity contribution in [2.45, 2.75) is 6.04 Å². The highest BCUT2D eigenvalue weighted by molar-refractivity contribution is 5.34. The normalized spacial score (nSPS) is 29.4. The average Bonchev–Trinajstić information content (AvgIpc) is 1.89. The van der Waals surface area contributed by atoms with E-state index in [1.165, 1.54) is 6.20 Å². The van der Waals surface area contributed by atoms with Gasteiger partial charge in [-0.25, -0.2) is 0 Å². The van der Waals surface area contributed by atoms with E-state index in [1.54, 1.807) is 0 Å². The number of hydrogen-bond donors (Lipinski definition) is 2. The van der Waals surface area contributed by atoms with E-state index in [0.29, 0.717) is 0 Å². The Morgan fingerprint density at radius 2 is 2.22 bits per heavy atom. The van der Waals surface area contributed by atoms with Crippen molar-refractivity contribution in [3.05, 3.63) is 36.1 Å². The second kappa shape index (κ2) is 2.51. The average molecular weight is 122 g/mol. The molecule has 0 amide bonds. The molecule has 48 valence electrons. The second-order valence-corrected chi connectivity index (χ2v) is 1.94. The predicted molar refractivity (Wildman–Crippen MR) is 38.5 cm³/mol. The van der Waals surface area contributed by atoms with Crippen LogP contribution in [0.5, 0.6) is 0 Å². The fourth-order valence-electron chi connectivity index (χ4n) is 0.739. The highest BCUT2D eigenvalue weighted by Crippen LogP contribution is 2.06. The summed E-state index contributed by atoms with van der Waals surface area (Å²) in [5.74, 6) is 0. The standard InChI is InChI=1S/C7H10N2/c8-5-6-3-1-2-4-7(6)9/h1-5,7H,8-9H2/b6-5-. The maximum atomic E-state index is 5.60. The molecule has 0 aliphatic heterocycles. The molecule has 0 saturated carbocycles. The molecule has 2 nitrogen and oxygen atoms in total. The lowest BCUT2D eigenvalue weighted by Gasteiger charge is -2.08. The Hall–Kier alpha value is -1.02. The summed E-state index contributed by atoms with van der Waals surface area (Å²) in [4.78, 5) is 0. The minimum atomic E-state index is -0.0139. The number of rotatable bonds is 0. The first-order chi connectivity index (χ1) is 4.34. The molecule has 2 heteroatoms. The second-order valence-electron chi connectivity index (χ2n) is 1.94. The zero-order valence-electron chi connectivity index (χ0n) is 5.12. The van der Waals surface area contributed by atoms with Crippen molar-refractivity contribution in [2.75, 3.05) is 0 Å². The van der Waals surface area contributed by atoms with E-state index in [-0.39, 0.29) is 6.04 Å². The molecule has 1 unspecified atom stereocenters. The van der Waals surface area contributed by atoms with Gasteiger partial charge in [0.1, 0.15) is 0 Å². The summed E-state index contributed by atoms with van der Waals surface area (Å²) in [6.45, 7) is 0. The minimum Gasteiger partial charge on any atom is -0.404 e. The Morgan fingerprint density at radius 1 is 1.44 bits per heavy atom. The van der Waals surface area contributed by atoms with Crippen molar-refractivity contribution < 1.29 is 0 Å². The Labute approximate surface area is 54.5 Å². The van der Waals surface area contributed by atoms with Gasteiger partial charge in [0.2, 0.25) is 0 Å². The van der Waals surface area contributed by atoms with Crippen LogP contribution in [-0.2, 0) is 0 Å². The first kappa shape index (κ1) is 6.11. The molecule has 4 N–H and O–H groups in total. The van der Waals surface area contributed by atoms with Crippen LogP contribution in [0.15, 0.2) is 36.1 Å². The van der Waals surface area contributed by atoms with Gasteiger partial charge >= 0.3 is 0 Å². The third-order valence-electron chi connectivity index (χ3n) is 1.30. The van der Waals surface area contributed by atoms with E-state index < -0.39 is 0 Å². The molecule has 0 aromatic carbocycles. The van der Waals surface area contributed by atoms with Crippen LogP contribution in [-0.4, -0.2) is 6.04 Å². The molecular formula is C7H10N2. The quantitative estimate of drug-likeness (QED) is 0.485. The number of allylic oxidation sites excluding steroid dienone is 2. The molecule has 0 spiro atoms. The lowest BCUT2D eigenvalue weighted by atomic mass is 10.0. The predicted octanol–water partition coefficient (Wildman–Crippen LogP) is 0.282. The Bertz CT molecular complexity index is 177. The Kier molecular flexibility index (Phi) is 1.70. The fourth-order valence-corrected chi connectivity index (χ4v) is 0.739. The monoisotopic (exact) mass is 122 g/mol. The molecule has 1 aliphatic carbocycles. The lowest BCUT2D eigenvalue weighted by Crippen LogP contribution is -2.20. The van der Waals surface area contributed by atoms with E-state index >= 15 is 0 Å². The molecular weight excluding hydrogens is 112 g/mol. The maximum absolute atomic E-state index is 5.60. The van der Waals surface area contributed by atoms with Gasteiger partial charge in [-0.15, -0.1) is 0 Å². The largest absolute Gasteiger partial charge is 0.404 e. The van der Waals surface area contributed by atoms with Crippen molar-refractivity contribution >= 4 is 0 Å². The lowest BCUT2D eigenvalue weighted by molar-refractivity contribution is 0.965. The molecule has 1 atom stereocenters. The van der Waals surface area contributed by atoms with Crippen LogP contribution in [0.3, 0.4) is 0 Å². The van der Waals surface area contributed by atoms with Crippen LogP contribution in [0.1, 0.15) is 0 Å². The van der Waals surface area contributed by atoms with Crippen molar-refractivity contribution in [1.29, 1.82) is 0 Å². The van der Waals surface area contributed by atoms with Gasteiger partial charge in [0.15, 0.2) is 0 Å². The molecule has 0 bridgehead atoms. The molecule has 0 saturated heterocycles. The SMILES string of the molecule is N/C=C1/C=CC=CC1N. The third kappa shape index (κ3) is 1.21. The van der Waals surface area contributed by atoms with Gasteiger partial charge in [0, 0.05) is 6.04 Å². The molecule has 1 aliphatic rings. The summed E-state index contributed by atoms with van der Waals surface area (Å²) in [5.41, 5.74) is 11.8. The Balaban J connectivity index is 2.78. The summed E-state index contributed by atoms with van der Waals surface area (Å²) in [7, 11) is 0. The number of nitrogens with two attached hydrogens (primary N) is 2. The molecule has 0 aromatic rings. The van der Waals surface area contributed by atoms with Crippen molar-refractivity contribution in [3.63, 3.8) is 0 Å². The number of hydrogen-bond acceptors (Lipinski definition) is 2. The molecule has 0 aromatic heterocycles. The van der Waals surface area contributed by atoms with Crippen molar-refractivity contribution in [1.82, 2.24) is 0 Å². The topological polar surface area (TPSA) is 52.0 Å². The summed E-state index contributed by atoms with van der Waals surface area (Å²) in [6.07, 6.45) is 9.17. The van der Waals surface area contributed by atoms with E-state index in [4.69, 9.17) is 11.5 Å². The van der Waals surface area contributed by atoms with Crippen molar-refractivity contribution in [3.8, 4) is 0 Å². The van der Waals surface area contributed by atoms with Gasteiger partial charge in [-0.3, -0.25) is 0 Å². The molecule has 9 heavy (non-hydrogen) atoms. The zero-order chi connectivity index (χ0) is 6.69. The first-order valence-corrected chi connectivity index (χ1v) is 2.87. The molecule has 0 heterocycles. The van der Waals surface area contributed by atoms with Crippen LogP contribution in [0.25, 0.3) is 0 Å². The van der Waals surface area contributed by atoms with Crippen LogP contribution >= 0.6 is 0 Å². The minimum absolute atomic E-state index is 0.0139. The third-order valence-corrected chi connectivity index (χ3v) is 1.30. The Morgan fingerprint density at radius 3 is 2.67 bits per heavy atom. The van der Waals surface area contributed by atoms with Gasteiger partial charge in [-0.1, -0.05) is 24.3 Å². The molecule has 0 fully saturated rings. The van der Waals surface area contributed by atoms with Gasteiger partial charge in [0.25, 0.3) is 0 Å². The fraction of sp³-hybridized carbons (Fsp3) is 0.143. The van der Waals surface area contributed by atoms with E-state index in [9.17, 15) is 0 Å². The van der Waals surface area contributed by atoms with Crippen LogP contribution in [0.4, 0.5) is 0 Å². The van der Waals surface area contributed by atoms with Gasteiger partial charge in [-0.05, 0) is 11.8 Å². The van der Waals surface area contributed by atoms with Gasteiger partial charge in [0.05, 0.1) is 0 Å². The zero-order valence-corrected chi connectivity index (χ0v) is 5.12. The van der Waals surface area contributed by atoms with E-state index in [1.807, 2.05) is 24.3 Å². The maximum Gasteiger partial charge on any atom is 0.0498 e.